The van der Waals surface area contributed by atoms with Crippen LogP contribution in [-0.2, 0) is 16.1 Å². The third-order valence-corrected chi connectivity index (χ3v) is 10.0. The lowest BCUT2D eigenvalue weighted by atomic mass is 10.0. The minimum absolute atomic E-state index is 0.0744. The number of fused-ring (bicyclic) bond motifs is 1. The average molecular weight is 784 g/mol. The number of likely N-dealkylation sites (N-methyl/N-ethyl adjacent to an activating group) is 1. The molecule has 15 heteroatoms. The van der Waals surface area contributed by atoms with E-state index < -0.39 is 5.56 Å². The molecular formula is C40H40Cl2N8O5. The summed E-state index contributed by atoms with van der Waals surface area (Å²) in [5.74, 6) is -0.00579. The predicted molar refractivity (Wildman–Crippen MR) is 220 cm³/mol. The monoisotopic (exact) mass is 782 g/mol. The number of hydrogen-bond acceptors (Lipinski definition) is 10. The fourth-order valence-corrected chi connectivity index (χ4v) is 7.02. The smallest absolute Gasteiger partial charge is 0.260 e. The molecule has 2 amide bonds. The van der Waals surface area contributed by atoms with Gasteiger partial charge in [-0.1, -0.05) is 48.5 Å². The van der Waals surface area contributed by atoms with Crippen LogP contribution in [0.5, 0.6) is 11.5 Å². The zero-order valence-electron chi connectivity index (χ0n) is 30.8. The number of benzene rings is 3. The molecule has 284 valence electrons. The molecule has 3 aromatic carbocycles. The predicted octanol–water partition coefficient (Wildman–Crippen LogP) is 6.88. The maximum atomic E-state index is 14.6. The molecule has 55 heavy (non-hydrogen) atoms. The van der Waals surface area contributed by atoms with Crippen molar-refractivity contribution in [1.82, 2.24) is 19.4 Å². The third kappa shape index (κ3) is 8.29. The van der Waals surface area contributed by atoms with Gasteiger partial charge in [0.25, 0.3) is 5.56 Å². The molecule has 1 fully saturated rings. The molecule has 5 aromatic rings. The van der Waals surface area contributed by atoms with Crippen molar-refractivity contribution in [3.05, 3.63) is 112 Å². The van der Waals surface area contributed by atoms with Gasteiger partial charge in [-0.25, -0.2) is 4.98 Å². The van der Waals surface area contributed by atoms with Gasteiger partial charge in [-0.2, -0.15) is 4.98 Å². The van der Waals surface area contributed by atoms with Gasteiger partial charge in [0.1, 0.15) is 17.1 Å². The van der Waals surface area contributed by atoms with Gasteiger partial charge in [0.15, 0.2) is 0 Å². The van der Waals surface area contributed by atoms with E-state index in [1.54, 1.807) is 42.6 Å². The van der Waals surface area contributed by atoms with Crippen LogP contribution in [0.2, 0.25) is 10.0 Å². The fourth-order valence-electron chi connectivity index (χ4n) is 6.31. The summed E-state index contributed by atoms with van der Waals surface area (Å²) in [5.41, 5.74) is 4.46. The van der Waals surface area contributed by atoms with Gasteiger partial charge < -0.3 is 35.2 Å². The molecule has 13 nitrogen and oxygen atoms in total. The maximum Gasteiger partial charge on any atom is 0.260 e. The van der Waals surface area contributed by atoms with E-state index in [1.165, 1.54) is 30.9 Å². The van der Waals surface area contributed by atoms with E-state index in [0.29, 0.717) is 28.1 Å². The number of carbonyl (C=O) groups excluding carboxylic acids is 2. The average Bonchev–Trinajstić information content (AvgIpc) is 3.18. The molecule has 1 saturated heterocycles. The number of aryl methyl sites for hydroxylation is 1. The third-order valence-electron chi connectivity index (χ3n) is 9.29. The van der Waals surface area contributed by atoms with Crippen molar-refractivity contribution in [3.8, 4) is 22.6 Å². The van der Waals surface area contributed by atoms with Crippen LogP contribution in [0.3, 0.4) is 0 Å². The van der Waals surface area contributed by atoms with Gasteiger partial charge in [-0.05, 0) is 67.6 Å². The van der Waals surface area contributed by atoms with E-state index in [9.17, 15) is 14.4 Å². The maximum absolute atomic E-state index is 14.6. The Morgan fingerprint density at radius 1 is 0.909 bits per heavy atom. The highest BCUT2D eigenvalue weighted by Crippen LogP contribution is 2.45. The summed E-state index contributed by atoms with van der Waals surface area (Å²) in [7, 11) is 5.00. The normalized spacial score (nSPS) is 12.9. The van der Waals surface area contributed by atoms with Crippen molar-refractivity contribution < 1.29 is 19.1 Å². The summed E-state index contributed by atoms with van der Waals surface area (Å²) in [5, 5.41) is 9.71. The number of hydrogen-bond donors (Lipinski definition) is 3. The standard InChI is InChI=1S/C40H40Cl2N8O5/c1-7-32(51)44-26-11-9-24(10-12-26)22-50-38-25(18-28(39(50)53)34-35(41)30(54-5)20-31(55-6)36(34)42)21-43-40(47-38)46-37-23(3)17-27(19-29(37)45-33(52)8-2)49-15-13-48(4)14-16-49/h7-12,17-21H,1-2,13-16,22H2,3-6H3,(H,44,51)(H,45,52)(H,43,46,47). The van der Waals surface area contributed by atoms with Crippen LogP contribution >= 0.6 is 23.2 Å². The zero-order valence-corrected chi connectivity index (χ0v) is 32.3. The second-order valence-corrected chi connectivity index (χ2v) is 13.6. The first-order valence-corrected chi connectivity index (χ1v) is 18.0. The molecule has 0 bridgehead atoms. The Kier molecular flexibility index (Phi) is 11.7. The molecule has 2 aromatic heterocycles. The molecule has 6 rings (SSSR count). The number of anilines is 5. The number of methoxy groups -OCH3 is 2. The first-order chi connectivity index (χ1) is 26.4. The lowest BCUT2D eigenvalue weighted by Gasteiger charge is -2.34. The van der Waals surface area contributed by atoms with Gasteiger partial charge in [0.05, 0.1) is 47.7 Å². The van der Waals surface area contributed by atoms with Gasteiger partial charge in [0.2, 0.25) is 17.8 Å². The molecule has 0 aliphatic carbocycles. The van der Waals surface area contributed by atoms with Crippen molar-refractivity contribution in [3.63, 3.8) is 0 Å². The Morgan fingerprint density at radius 2 is 1.55 bits per heavy atom. The Bertz CT molecular complexity index is 2350. The van der Waals surface area contributed by atoms with Crippen LogP contribution < -0.4 is 35.9 Å². The highest BCUT2D eigenvalue weighted by Gasteiger charge is 2.24. The summed E-state index contributed by atoms with van der Waals surface area (Å²) >= 11 is 13.6. The molecular weight excluding hydrogens is 743 g/mol. The number of aromatic nitrogens is 3. The lowest BCUT2D eigenvalue weighted by Crippen LogP contribution is -2.44. The zero-order chi connectivity index (χ0) is 39.4. The molecule has 0 unspecified atom stereocenters. The number of piperazine rings is 1. The van der Waals surface area contributed by atoms with Gasteiger partial charge in [-0.3, -0.25) is 19.0 Å². The SMILES string of the molecule is C=CC(=O)Nc1ccc(Cn2c(=O)c(-c3c(Cl)c(OC)cc(OC)c3Cl)cc3cnc(Nc4c(C)cc(N5CCN(C)CC5)cc4NC(=O)C=C)nc32)cc1. The van der Waals surface area contributed by atoms with Crippen LogP contribution in [0.15, 0.2) is 84.8 Å². The number of rotatable bonds is 12. The van der Waals surface area contributed by atoms with Gasteiger partial charge in [0, 0.05) is 60.8 Å². The largest absolute Gasteiger partial charge is 0.495 e. The summed E-state index contributed by atoms with van der Waals surface area (Å²) in [4.78, 5) is 53.2. The molecule has 3 N–H and O–H groups in total. The summed E-state index contributed by atoms with van der Waals surface area (Å²) in [6, 6.07) is 14.2. The van der Waals surface area contributed by atoms with Crippen LogP contribution in [-0.4, -0.2) is 78.7 Å². The molecule has 1 aliphatic rings. The Hall–Kier alpha value is -5.89. The first kappa shape index (κ1) is 38.8. The van der Waals surface area contributed by atoms with Crippen LogP contribution in [0.1, 0.15) is 11.1 Å². The van der Waals surface area contributed by atoms with Crippen molar-refractivity contribution in [2.24, 2.45) is 0 Å². The molecule has 0 spiro atoms. The molecule has 0 radical (unpaired) electrons. The summed E-state index contributed by atoms with van der Waals surface area (Å²) in [6.07, 6.45) is 3.98. The van der Waals surface area contributed by atoms with E-state index >= 15 is 0 Å². The summed E-state index contributed by atoms with van der Waals surface area (Å²) < 4.78 is 12.5. The van der Waals surface area contributed by atoms with Crippen LogP contribution in [0, 0.1) is 6.92 Å². The molecule has 3 heterocycles. The molecule has 1 aliphatic heterocycles. The first-order valence-electron chi connectivity index (χ1n) is 17.3. The number of ether oxygens (including phenoxy) is 2. The minimum atomic E-state index is -0.452. The second kappa shape index (κ2) is 16.6. The van der Waals surface area contributed by atoms with E-state index in [0.717, 1.165) is 43.0 Å². The fraction of sp³-hybridized carbons (Fsp3) is 0.225. The van der Waals surface area contributed by atoms with Gasteiger partial charge in [-0.15, -0.1) is 0 Å². The number of nitrogens with one attached hydrogen (secondary N) is 3. The topological polar surface area (TPSA) is 143 Å². The van der Waals surface area contributed by atoms with Gasteiger partial charge >= 0.3 is 0 Å². The highest BCUT2D eigenvalue weighted by molar-refractivity contribution is 6.41. The molecule has 0 saturated carbocycles. The van der Waals surface area contributed by atoms with E-state index in [4.69, 9.17) is 37.7 Å². The quantitative estimate of drug-likeness (QED) is 0.115. The second-order valence-electron chi connectivity index (χ2n) is 12.9. The van der Waals surface area contributed by atoms with Crippen LogP contribution in [0.4, 0.5) is 28.7 Å². The van der Waals surface area contributed by atoms with E-state index in [-0.39, 0.29) is 57.0 Å². The van der Waals surface area contributed by atoms with Crippen LogP contribution in [0.25, 0.3) is 22.2 Å². The van der Waals surface area contributed by atoms with Crippen molar-refractivity contribution in [1.29, 1.82) is 0 Å². The lowest BCUT2D eigenvalue weighted by molar-refractivity contribution is -0.112. The Morgan fingerprint density at radius 3 is 2.16 bits per heavy atom. The van der Waals surface area contributed by atoms with Crippen molar-refractivity contribution >= 4 is 74.7 Å². The minimum Gasteiger partial charge on any atom is -0.495 e. The Labute approximate surface area is 328 Å². The number of halogens is 2. The number of nitrogens with zero attached hydrogens (tertiary/aromatic N) is 5. The number of pyridine rings is 1. The highest BCUT2D eigenvalue weighted by atomic mass is 35.5. The van der Waals surface area contributed by atoms with E-state index in [1.807, 2.05) is 13.0 Å². The van der Waals surface area contributed by atoms with Crippen molar-refractivity contribution in [2.75, 3.05) is 68.3 Å². The number of amides is 2. The molecule has 0 atom stereocenters. The van der Waals surface area contributed by atoms with Crippen molar-refractivity contribution in [2.45, 2.75) is 13.5 Å². The Balaban J connectivity index is 1.49. The summed E-state index contributed by atoms with van der Waals surface area (Å²) in [6.45, 7) is 12.6. The number of carbonyl (C=O) groups is 2. The van der Waals surface area contributed by atoms with E-state index in [2.05, 4.69) is 57.0 Å².